The first kappa shape index (κ1) is 15.8. The second-order valence-corrected chi connectivity index (χ2v) is 11.9. The number of benzene rings is 6. The van der Waals surface area contributed by atoms with Crippen molar-refractivity contribution < 1.29 is 16.4 Å². The van der Waals surface area contributed by atoms with E-state index >= 15 is 0 Å². The van der Waals surface area contributed by atoms with Crippen LogP contribution in [0.4, 0.5) is 0 Å². The van der Waals surface area contributed by atoms with Gasteiger partial charge in [0.25, 0.3) is 0 Å². The Bertz CT molecular complexity index is 2470. The van der Waals surface area contributed by atoms with Crippen LogP contribution in [0.2, 0.25) is 0 Å². The zero-order chi connectivity index (χ0) is 38.6. The molecule has 6 aromatic carbocycles. The number of aryl methyl sites for hydroxylation is 2. The minimum absolute atomic E-state index is 0.0528. The molecule has 1 heterocycles. The van der Waals surface area contributed by atoms with Gasteiger partial charge in [-0.3, -0.25) is 0 Å². The lowest BCUT2D eigenvalue weighted by Crippen LogP contribution is -2.24. The van der Waals surface area contributed by atoms with Crippen molar-refractivity contribution in [2.45, 2.75) is 42.6 Å². The Morgan fingerprint density at radius 3 is 1.62 bits per heavy atom. The summed E-state index contributed by atoms with van der Waals surface area (Å²) in [7, 11) is 0. The van der Waals surface area contributed by atoms with Crippen LogP contribution in [0.3, 0.4) is 0 Å². The minimum Gasteiger partial charge on any atom is -0.0894 e. The highest BCUT2D eigenvalue weighted by Crippen LogP contribution is 2.52. The van der Waals surface area contributed by atoms with Crippen LogP contribution in [-0.2, 0) is 5.41 Å². The summed E-state index contributed by atoms with van der Waals surface area (Å²) in [5, 5.41) is 0. The predicted molar refractivity (Wildman–Crippen MR) is 179 cm³/mol. The molecule has 0 spiro atoms. The summed E-state index contributed by atoms with van der Waals surface area (Å²) in [6, 6.07) is 36.6. The maximum Gasteiger partial charge on any atom is 0.0280 e. The van der Waals surface area contributed by atoms with Gasteiger partial charge in [0, 0.05) is 31.7 Å². The third-order valence-electron chi connectivity index (χ3n) is 8.40. The summed E-state index contributed by atoms with van der Waals surface area (Å²) in [4.78, 5) is 0.277. The van der Waals surface area contributed by atoms with E-state index in [1.54, 1.807) is 0 Å². The molecule has 6 aromatic rings. The van der Waals surface area contributed by atoms with Crippen molar-refractivity contribution in [3.63, 3.8) is 0 Å². The van der Waals surface area contributed by atoms with E-state index < -0.39 is 32.8 Å². The molecular formula is C41H32S. The zero-order valence-electron chi connectivity index (χ0n) is 34.5. The highest BCUT2D eigenvalue weighted by molar-refractivity contribution is 7.99. The minimum atomic E-state index is -3.16. The van der Waals surface area contributed by atoms with Crippen LogP contribution in [0.15, 0.2) is 131 Å². The molecule has 0 amide bonds. The maximum absolute atomic E-state index is 8.84. The monoisotopic (exact) mass is 568 g/mol. The molecule has 0 unspecified atom stereocenters. The third kappa shape index (κ3) is 3.77. The largest absolute Gasteiger partial charge is 0.0894 e. The molecule has 0 N–H and O–H groups in total. The highest BCUT2D eigenvalue weighted by Gasteiger charge is 2.34. The Morgan fingerprint density at radius 2 is 1.05 bits per heavy atom. The second kappa shape index (κ2) is 9.34. The van der Waals surface area contributed by atoms with Gasteiger partial charge in [-0.2, -0.15) is 0 Å². The van der Waals surface area contributed by atoms with Crippen molar-refractivity contribution in [1.29, 1.82) is 0 Å². The van der Waals surface area contributed by atoms with E-state index in [0.717, 1.165) is 56.3 Å². The Balaban J connectivity index is 1.44. The molecule has 202 valence electrons. The number of rotatable bonds is 1. The van der Waals surface area contributed by atoms with Gasteiger partial charge < -0.3 is 0 Å². The van der Waals surface area contributed by atoms with E-state index in [1.807, 2.05) is 60.7 Å². The first-order valence-electron chi connectivity index (χ1n) is 19.8. The van der Waals surface area contributed by atoms with E-state index in [4.69, 9.17) is 16.4 Å². The lowest BCUT2D eigenvalue weighted by Gasteiger charge is -2.35. The second-order valence-electron chi connectivity index (χ2n) is 10.9. The summed E-state index contributed by atoms with van der Waals surface area (Å²) < 4.78 is 103. The molecule has 0 atom stereocenters. The molecule has 0 saturated heterocycles. The maximum atomic E-state index is 8.84. The smallest absolute Gasteiger partial charge is 0.0280 e. The zero-order valence-corrected chi connectivity index (χ0v) is 23.3. The van der Waals surface area contributed by atoms with Crippen LogP contribution >= 0.6 is 11.8 Å². The summed E-state index contributed by atoms with van der Waals surface area (Å²) in [5.41, 5.74) is 5.54. The fourth-order valence-corrected chi connectivity index (χ4v) is 7.66. The topological polar surface area (TPSA) is 0 Å². The Labute approximate surface area is 270 Å². The average Bonchev–Trinajstić information content (AvgIpc) is 3.10. The van der Waals surface area contributed by atoms with Gasteiger partial charge >= 0.3 is 0 Å². The van der Waals surface area contributed by atoms with Crippen molar-refractivity contribution in [2.75, 3.05) is 0 Å². The van der Waals surface area contributed by atoms with Crippen LogP contribution in [-0.4, -0.2) is 0 Å². The van der Waals surface area contributed by atoms with Crippen LogP contribution in [0.5, 0.6) is 0 Å². The number of hydrogen-bond donors (Lipinski definition) is 0. The number of hydrogen-bond acceptors (Lipinski definition) is 1. The molecule has 8 rings (SSSR count). The van der Waals surface area contributed by atoms with Gasteiger partial charge in [0.2, 0.25) is 0 Å². The average molecular weight is 569 g/mol. The van der Waals surface area contributed by atoms with Crippen molar-refractivity contribution in [3.8, 4) is 55.6 Å². The van der Waals surface area contributed by atoms with Gasteiger partial charge in [0.15, 0.2) is 0 Å². The lowest BCUT2D eigenvalue weighted by atomic mass is 9.76. The van der Waals surface area contributed by atoms with Gasteiger partial charge in [-0.05, 0) is 116 Å². The molecule has 1 heteroatoms. The van der Waals surface area contributed by atoms with E-state index in [9.17, 15) is 0 Å². The molecule has 0 aromatic heterocycles. The first-order valence-corrected chi connectivity index (χ1v) is 14.6. The van der Waals surface area contributed by atoms with Crippen molar-refractivity contribution in [2.24, 2.45) is 0 Å². The van der Waals surface area contributed by atoms with Crippen LogP contribution in [0.1, 0.15) is 52.4 Å². The molecule has 1 aliphatic heterocycles. The fourth-order valence-electron chi connectivity index (χ4n) is 6.40. The summed E-state index contributed by atoms with van der Waals surface area (Å²) in [5.74, 6) is 0. The standard InChI is InChI=1S/C41H32S/c1-25-17-20-37-39(21-25)42-40-22-26(2)35(24-38(40)41(37,3)4)27-18-19-34-32-15-8-7-13-30(32)28-11-5-6-12-29(28)31-14-9-10-16-33(31)36(34)23-27/h5-24H,1-4H3/i1D3,2D3,3D3,4D3. The van der Waals surface area contributed by atoms with Crippen molar-refractivity contribution >= 4 is 11.8 Å². The molecule has 0 fully saturated rings. The van der Waals surface area contributed by atoms with E-state index in [0.29, 0.717) is 5.56 Å². The van der Waals surface area contributed by atoms with Crippen molar-refractivity contribution in [1.82, 2.24) is 0 Å². The number of fused-ring (bicyclic) bond motifs is 10. The van der Waals surface area contributed by atoms with Gasteiger partial charge in [-0.15, -0.1) is 0 Å². The molecule has 2 aliphatic rings. The highest BCUT2D eigenvalue weighted by atomic mass is 32.2. The molecule has 42 heavy (non-hydrogen) atoms. The molecule has 0 radical (unpaired) electrons. The Kier molecular flexibility index (Phi) is 3.51. The molecule has 0 saturated carbocycles. The fraction of sp³-hybridized carbons (Fsp3) is 0.122. The summed E-state index contributed by atoms with van der Waals surface area (Å²) in [6.07, 6.45) is 0. The summed E-state index contributed by atoms with van der Waals surface area (Å²) in [6.45, 7) is -11.6. The third-order valence-corrected chi connectivity index (χ3v) is 9.52. The van der Waals surface area contributed by atoms with Crippen molar-refractivity contribution in [3.05, 3.63) is 144 Å². The van der Waals surface area contributed by atoms with Crippen LogP contribution < -0.4 is 0 Å². The molecule has 0 nitrogen and oxygen atoms in total. The Hall–Kier alpha value is -4.33. The van der Waals surface area contributed by atoms with E-state index in [-0.39, 0.29) is 37.6 Å². The Morgan fingerprint density at radius 1 is 0.476 bits per heavy atom. The van der Waals surface area contributed by atoms with Gasteiger partial charge in [-0.25, -0.2) is 0 Å². The first-order chi connectivity index (χ1) is 25.3. The van der Waals surface area contributed by atoms with Crippen LogP contribution in [0.25, 0.3) is 55.6 Å². The molecular weight excluding hydrogens is 525 g/mol. The van der Waals surface area contributed by atoms with Gasteiger partial charge in [0.05, 0.1) is 0 Å². The SMILES string of the molecule is [2H]C([2H])([2H])c1ccc2c(c1)Sc1cc(C([2H])([2H])[2H])c(-c3ccc4c(c3)-c3ccccc3-c3ccccc3-c3ccccc3-4)cc1C2(C([2H])([2H])[2H])C([2H])([2H])[2H]. The van der Waals surface area contributed by atoms with Gasteiger partial charge in [0.1, 0.15) is 0 Å². The van der Waals surface area contributed by atoms with Gasteiger partial charge in [-0.1, -0.05) is 123 Å². The van der Waals surface area contributed by atoms with Crippen LogP contribution in [0, 0.1) is 13.7 Å². The molecule has 0 bridgehead atoms. The quantitative estimate of drug-likeness (QED) is 0.190. The van der Waals surface area contributed by atoms with E-state index in [1.165, 1.54) is 30.3 Å². The summed E-state index contributed by atoms with van der Waals surface area (Å²) >= 11 is 0.986. The molecule has 1 aliphatic carbocycles. The predicted octanol–water partition coefficient (Wildman–Crippen LogP) is 11.7. The lowest BCUT2D eigenvalue weighted by molar-refractivity contribution is 0.607. The van der Waals surface area contributed by atoms with E-state index in [2.05, 4.69) is 30.3 Å². The normalized spacial score (nSPS) is 19.2.